The van der Waals surface area contributed by atoms with E-state index in [1.165, 1.54) is 12.1 Å². The zero-order valence-corrected chi connectivity index (χ0v) is 12.9. The molecule has 0 aliphatic carbocycles. The zero-order chi connectivity index (χ0) is 14.0. The lowest BCUT2D eigenvalue weighted by Gasteiger charge is -2.07. The van der Waals surface area contributed by atoms with Crippen LogP contribution in [0.5, 0.6) is 0 Å². The van der Waals surface area contributed by atoms with Crippen LogP contribution in [-0.2, 0) is 6.42 Å². The van der Waals surface area contributed by atoms with Gasteiger partial charge in [0.2, 0.25) is 0 Å². The molecule has 0 atom stereocenters. The molecule has 100 valence electrons. The maximum absolute atomic E-state index is 13.4. The van der Waals surface area contributed by atoms with Crippen LogP contribution in [0.2, 0.25) is 0 Å². The number of aromatic amines is 1. The summed E-state index contributed by atoms with van der Waals surface area (Å²) < 4.78 is 14.0. The molecule has 5 heteroatoms. The molecule has 0 spiro atoms. The number of rotatable bonds is 3. The van der Waals surface area contributed by atoms with E-state index in [-0.39, 0.29) is 11.4 Å². The highest BCUT2D eigenvalue weighted by Crippen LogP contribution is 2.19. The molecule has 19 heavy (non-hydrogen) atoms. The number of benzene rings is 1. The summed E-state index contributed by atoms with van der Waals surface area (Å²) in [5, 5.41) is 0. The summed E-state index contributed by atoms with van der Waals surface area (Å²) in [6.45, 7) is 3.84. The first-order chi connectivity index (χ1) is 9.01. The van der Waals surface area contributed by atoms with Crippen LogP contribution in [0, 0.1) is 16.3 Å². The highest BCUT2D eigenvalue weighted by atomic mass is 127. The zero-order valence-electron chi connectivity index (χ0n) is 10.8. The average Bonchev–Trinajstić information content (AvgIpc) is 2.33. The van der Waals surface area contributed by atoms with Gasteiger partial charge in [-0.05, 0) is 59.7 Å². The molecule has 2 aromatic rings. The maximum atomic E-state index is 13.4. The first-order valence-corrected chi connectivity index (χ1v) is 7.15. The Labute approximate surface area is 124 Å². The van der Waals surface area contributed by atoms with Crippen molar-refractivity contribution in [2.75, 3.05) is 0 Å². The minimum Gasteiger partial charge on any atom is -0.306 e. The van der Waals surface area contributed by atoms with Crippen LogP contribution >= 0.6 is 22.6 Å². The van der Waals surface area contributed by atoms with E-state index in [1.807, 2.05) is 42.5 Å². The molecule has 0 radical (unpaired) electrons. The van der Waals surface area contributed by atoms with E-state index < -0.39 is 0 Å². The molecule has 0 saturated heterocycles. The predicted octanol–water partition coefficient (Wildman–Crippen LogP) is 3.44. The molecule has 0 fully saturated rings. The lowest BCUT2D eigenvalue weighted by molar-refractivity contribution is 0.627. The number of hydrogen-bond acceptors (Lipinski definition) is 2. The van der Waals surface area contributed by atoms with Crippen molar-refractivity contribution >= 4 is 22.6 Å². The maximum Gasteiger partial charge on any atom is 0.264 e. The summed E-state index contributed by atoms with van der Waals surface area (Å²) in [6, 6.07) is 4.64. The smallest absolute Gasteiger partial charge is 0.264 e. The third kappa shape index (κ3) is 3.20. The van der Waals surface area contributed by atoms with Crippen molar-refractivity contribution < 1.29 is 4.39 Å². The van der Waals surface area contributed by atoms with Gasteiger partial charge in [0, 0.05) is 5.56 Å². The predicted molar refractivity (Wildman–Crippen MR) is 81.7 cm³/mol. The molecule has 0 amide bonds. The number of aromatic nitrogens is 2. The SMILES string of the molecule is CCCc1nc(-c2cc(C)cc(F)c2)[nH]c(=O)c1I. The molecule has 1 aromatic carbocycles. The lowest BCUT2D eigenvalue weighted by Crippen LogP contribution is -2.16. The van der Waals surface area contributed by atoms with E-state index in [2.05, 4.69) is 9.97 Å². The van der Waals surface area contributed by atoms with Gasteiger partial charge < -0.3 is 4.98 Å². The standard InChI is InChI=1S/C14H14FIN2O/c1-3-4-11-12(16)14(19)18-13(17-11)9-5-8(2)6-10(15)7-9/h5-7H,3-4H2,1-2H3,(H,17,18,19). The summed E-state index contributed by atoms with van der Waals surface area (Å²) in [5.41, 5.74) is 2.00. The third-order valence-electron chi connectivity index (χ3n) is 2.73. The van der Waals surface area contributed by atoms with E-state index in [0.717, 1.165) is 24.1 Å². The molecule has 1 heterocycles. The quantitative estimate of drug-likeness (QED) is 0.840. The van der Waals surface area contributed by atoms with Gasteiger partial charge in [-0.25, -0.2) is 9.37 Å². The largest absolute Gasteiger partial charge is 0.306 e. The monoisotopic (exact) mass is 372 g/mol. The number of nitrogens with one attached hydrogen (secondary N) is 1. The molecule has 0 saturated carbocycles. The van der Waals surface area contributed by atoms with Crippen molar-refractivity contribution in [2.24, 2.45) is 0 Å². The second-order valence-corrected chi connectivity index (χ2v) is 5.52. The first-order valence-electron chi connectivity index (χ1n) is 6.07. The Morgan fingerprint density at radius 3 is 2.74 bits per heavy atom. The molecule has 0 aliphatic rings. The first kappa shape index (κ1) is 14.2. The Kier molecular flexibility index (Phi) is 4.34. The summed E-state index contributed by atoms with van der Waals surface area (Å²) in [7, 11) is 0. The van der Waals surface area contributed by atoms with E-state index in [1.54, 1.807) is 0 Å². The van der Waals surface area contributed by atoms with Crippen LogP contribution < -0.4 is 5.56 Å². The van der Waals surface area contributed by atoms with Crippen LogP contribution in [0.25, 0.3) is 11.4 Å². The second-order valence-electron chi connectivity index (χ2n) is 4.44. The van der Waals surface area contributed by atoms with Crippen LogP contribution in [0.1, 0.15) is 24.6 Å². The molecular weight excluding hydrogens is 358 g/mol. The fraction of sp³-hybridized carbons (Fsp3) is 0.286. The van der Waals surface area contributed by atoms with E-state index in [4.69, 9.17) is 0 Å². The molecule has 1 aromatic heterocycles. The minimum absolute atomic E-state index is 0.170. The van der Waals surface area contributed by atoms with Gasteiger partial charge in [0.15, 0.2) is 0 Å². The van der Waals surface area contributed by atoms with Crippen LogP contribution in [0.4, 0.5) is 4.39 Å². The van der Waals surface area contributed by atoms with E-state index in [0.29, 0.717) is 15.0 Å². The summed E-state index contributed by atoms with van der Waals surface area (Å²) in [5.74, 6) is 0.102. The van der Waals surface area contributed by atoms with Gasteiger partial charge in [-0.2, -0.15) is 0 Å². The number of aryl methyl sites for hydroxylation is 2. The molecular formula is C14H14FIN2O. The Morgan fingerprint density at radius 2 is 2.11 bits per heavy atom. The van der Waals surface area contributed by atoms with Crippen molar-refractivity contribution in [2.45, 2.75) is 26.7 Å². The van der Waals surface area contributed by atoms with Crippen LogP contribution in [0.3, 0.4) is 0 Å². The highest BCUT2D eigenvalue weighted by molar-refractivity contribution is 14.1. The van der Waals surface area contributed by atoms with Gasteiger partial charge in [-0.1, -0.05) is 13.3 Å². The molecule has 2 rings (SSSR count). The lowest BCUT2D eigenvalue weighted by atomic mass is 10.1. The number of nitrogens with zero attached hydrogens (tertiary/aromatic N) is 1. The van der Waals surface area contributed by atoms with Crippen molar-refractivity contribution in [3.8, 4) is 11.4 Å². The average molecular weight is 372 g/mol. The van der Waals surface area contributed by atoms with Gasteiger partial charge in [-0.3, -0.25) is 4.79 Å². The fourth-order valence-electron chi connectivity index (χ4n) is 1.92. The van der Waals surface area contributed by atoms with Gasteiger partial charge >= 0.3 is 0 Å². The van der Waals surface area contributed by atoms with Crippen LogP contribution in [0.15, 0.2) is 23.0 Å². The van der Waals surface area contributed by atoms with Crippen molar-refractivity contribution in [3.05, 3.63) is 49.2 Å². The summed E-state index contributed by atoms with van der Waals surface area (Å²) >= 11 is 2.00. The molecule has 1 N–H and O–H groups in total. The van der Waals surface area contributed by atoms with E-state index in [9.17, 15) is 9.18 Å². The third-order valence-corrected chi connectivity index (χ3v) is 3.85. The van der Waals surface area contributed by atoms with Crippen LogP contribution in [-0.4, -0.2) is 9.97 Å². The normalized spacial score (nSPS) is 10.7. The topological polar surface area (TPSA) is 45.8 Å². The Balaban J connectivity index is 2.59. The molecule has 3 nitrogen and oxygen atoms in total. The number of hydrogen-bond donors (Lipinski definition) is 1. The number of H-pyrrole nitrogens is 1. The highest BCUT2D eigenvalue weighted by Gasteiger charge is 2.10. The van der Waals surface area contributed by atoms with Crippen molar-refractivity contribution in [1.29, 1.82) is 0 Å². The van der Waals surface area contributed by atoms with Gasteiger partial charge in [-0.15, -0.1) is 0 Å². The second kappa shape index (κ2) is 5.81. The summed E-state index contributed by atoms with van der Waals surface area (Å²) in [6.07, 6.45) is 1.65. The van der Waals surface area contributed by atoms with Gasteiger partial charge in [0.1, 0.15) is 11.6 Å². The molecule has 0 bridgehead atoms. The van der Waals surface area contributed by atoms with E-state index >= 15 is 0 Å². The Hall–Kier alpha value is -1.24. The molecule has 0 unspecified atom stereocenters. The fourth-order valence-corrected chi connectivity index (χ4v) is 2.44. The summed E-state index contributed by atoms with van der Waals surface area (Å²) in [4.78, 5) is 19.0. The van der Waals surface area contributed by atoms with Gasteiger partial charge in [0.25, 0.3) is 5.56 Å². The molecule has 0 aliphatic heterocycles. The van der Waals surface area contributed by atoms with Crippen molar-refractivity contribution in [3.63, 3.8) is 0 Å². The minimum atomic E-state index is -0.326. The Morgan fingerprint density at radius 1 is 1.37 bits per heavy atom. The number of halogens is 2. The Bertz CT molecular complexity index is 647. The van der Waals surface area contributed by atoms with Gasteiger partial charge in [0.05, 0.1) is 9.26 Å². The van der Waals surface area contributed by atoms with Crippen molar-refractivity contribution in [1.82, 2.24) is 9.97 Å².